The minimum Gasteiger partial charge on any atom is -0.493 e. The predicted octanol–water partition coefficient (Wildman–Crippen LogP) is 6.71. The molecular formula is C27H35NO3. The zero-order valence-corrected chi connectivity index (χ0v) is 19.1. The predicted molar refractivity (Wildman–Crippen MR) is 131 cm³/mol. The molecule has 1 N–H and O–H groups in total. The summed E-state index contributed by atoms with van der Waals surface area (Å²) in [6, 6.07) is 11.4. The van der Waals surface area contributed by atoms with Crippen molar-refractivity contribution >= 4 is 17.5 Å². The van der Waals surface area contributed by atoms with E-state index < -0.39 is 0 Å². The van der Waals surface area contributed by atoms with Gasteiger partial charge in [0, 0.05) is 29.9 Å². The topological polar surface area (TPSA) is 47.6 Å². The standard InChI is InChI=1S/C27H35NO3/c1-5-8-17-30-26-20-27(31-18-9-6-2)23(19-22(26)10-7-3)13-16-25(29)21-11-14-24(28-4)15-12-21/h7,11-16,19-20,28H,3,5-6,8-10,17-18H2,1-2,4H3. The Morgan fingerprint density at radius 1 is 1.00 bits per heavy atom. The summed E-state index contributed by atoms with van der Waals surface area (Å²) in [6.07, 6.45) is 10.1. The first-order valence-corrected chi connectivity index (χ1v) is 11.2. The highest BCUT2D eigenvalue weighted by Crippen LogP contribution is 2.31. The van der Waals surface area contributed by atoms with Gasteiger partial charge >= 0.3 is 0 Å². The highest BCUT2D eigenvalue weighted by molar-refractivity contribution is 6.07. The highest BCUT2D eigenvalue weighted by atomic mass is 16.5. The molecular weight excluding hydrogens is 386 g/mol. The van der Waals surface area contributed by atoms with Gasteiger partial charge in [0.25, 0.3) is 0 Å². The van der Waals surface area contributed by atoms with E-state index in [-0.39, 0.29) is 5.78 Å². The van der Waals surface area contributed by atoms with Gasteiger partial charge in [0.15, 0.2) is 5.78 Å². The number of hydrogen-bond donors (Lipinski definition) is 1. The van der Waals surface area contributed by atoms with E-state index in [2.05, 4.69) is 25.7 Å². The van der Waals surface area contributed by atoms with Crippen LogP contribution in [0.15, 0.2) is 55.1 Å². The van der Waals surface area contributed by atoms with E-state index in [1.165, 1.54) is 0 Å². The molecule has 0 aromatic heterocycles. The first-order chi connectivity index (χ1) is 15.1. The summed E-state index contributed by atoms with van der Waals surface area (Å²) in [6.45, 7) is 9.45. The SMILES string of the molecule is C=CCc1cc(C=CC(=O)c2ccc(NC)cc2)c(OCCCC)cc1OCCCC. The van der Waals surface area contributed by atoms with Crippen LogP contribution in [-0.4, -0.2) is 26.0 Å². The van der Waals surface area contributed by atoms with Gasteiger partial charge in [0.1, 0.15) is 11.5 Å². The zero-order valence-electron chi connectivity index (χ0n) is 19.1. The Morgan fingerprint density at radius 2 is 1.65 bits per heavy atom. The molecule has 2 rings (SSSR count). The number of benzene rings is 2. The van der Waals surface area contributed by atoms with Crippen LogP contribution in [0.25, 0.3) is 6.08 Å². The maximum atomic E-state index is 12.7. The summed E-state index contributed by atoms with van der Waals surface area (Å²) in [5, 5.41) is 3.06. The van der Waals surface area contributed by atoms with E-state index in [9.17, 15) is 4.79 Å². The molecule has 0 bridgehead atoms. The molecule has 0 spiro atoms. The molecule has 0 aliphatic carbocycles. The summed E-state index contributed by atoms with van der Waals surface area (Å²) in [4.78, 5) is 12.7. The van der Waals surface area contributed by atoms with Gasteiger partial charge in [0.2, 0.25) is 0 Å². The molecule has 0 heterocycles. The first kappa shape index (κ1) is 24.3. The number of allylic oxidation sites excluding steroid dienone is 2. The second-order valence-corrected chi connectivity index (χ2v) is 7.42. The number of carbonyl (C=O) groups is 1. The van der Waals surface area contributed by atoms with E-state index in [0.717, 1.165) is 54.0 Å². The van der Waals surface area contributed by atoms with Gasteiger partial charge in [0.05, 0.1) is 13.2 Å². The number of ether oxygens (including phenoxy) is 2. The van der Waals surface area contributed by atoms with Gasteiger partial charge in [-0.25, -0.2) is 0 Å². The van der Waals surface area contributed by atoms with E-state index in [4.69, 9.17) is 9.47 Å². The van der Waals surface area contributed by atoms with Crippen molar-refractivity contribution in [1.82, 2.24) is 0 Å². The molecule has 4 heteroatoms. The fraction of sp³-hybridized carbons (Fsp3) is 0.370. The Morgan fingerprint density at radius 3 is 2.23 bits per heavy atom. The number of unbranched alkanes of at least 4 members (excludes halogenated alkanes) is 2. The average molecular weight is 422 g/mol. The van der Waals surface area contributed by atoms with Crippen LogP contribution < -0.4 is 14.8 Å². The summed E-state index contributed by atoms with van der Waals surface area (Å²) in [7, 11) is 1.85. The van der Waals surface area contributed by atoms with Crippen molar-refractivity contribution < 1.29 is 14.3 Å². The Labute approximate surface area is 187 Å². The molecule has 2 aromatic rings. The molecule has 0 saturated heterocycles. The number of anilines is 1. The zero-order chi connectivity index (χ0) is 22.5. The third kappa shape index (κ3) is 7.63. The highest BCUT2D eigenvalue weighted by Gasteiger charge is 2.11. The Bertz CT molecular complexity index is 869. The Balaban J connectivity index is 2.31. The van der Waals surface area contributed by atoms with Crippen molar-refractivity contribution in [2.75, 3.05) is 25.6 Å². The Kier molecular flexibility index (Phi) is 10.4. The van der Waals surface area contributed by atoms with Crippen LogP contribution >= 0.6 is 0 Å². The number of nitrogens with one attached hydrogen (secondary N) is 1. The van der Waals surface area contributed by atoms with Crippen molar-refractivity contribution in [3.8, 4) is 11.5 Å². The van der Waals surface area contributed by atoms with Gasteiger partial charge in [-0.3, -0.25) is 4.79 Å². The molecule has 0 fully saturated rings. The van der Waals surface area contributed by atoms with E-state index >= 15 is 0 Å². The van der Waals surface area contributed by atoms with Crippen molar-refractivity contribution in [2.24, 2.45) is 0 Å². The lowest BCUT2D eigenvalue weighted by Gasteiger charge is -2.16. The van der Waals surface area contributed by atoms with Crippen molar-refractivity contribution in [3.63, 3.8) is 0 Å². The van der Waals surface area contributed by atoms with Crippen molar-refractivity contribution in [1.29, 1.82) is 0 Å². The molecule has 0 aliphatic rings. The van der Waals surface area contributed by atoms with Crippen LogP contribution in [0.3, 0.4) is 0 Å². The molecule has 0 unspecified atom stereocenters. The molecule has 0 radical (unpaired) electrons. The molecule has 0 amide bonds. The third-order valence-electron chi connectivity index (χ3n) is 4.94. The van der Waals surface area contributed by atoms with Crippen LogP contribution in [0.5, 0.6) is 11.5 Å². The number of ketones is 1. The quantitative estimate of drug-likeness (QED) is 0.159. The smallest absolute Gasteiger partial charge is 0.185 e. The lowest BCUT2D eigenvalue weighted by Crippen LogP contribution is -2.04. The maximum Gasteiger partial charge on any atom is 0.185 e. The van der Waals surface area contributed by atoms with Crippen LogP contribution in [0.4, 0.5) is 5.69 Å². The summed E-state index contributed by atoms with van der Waals surface area (Å²) in [5.41, 5.74) is 3.53. The average Bonchev–Trinajstić information content (AvgIpc) is 2.79. The minimum atomic E-state index is -0.0456. The summed E-state index contributed by atoms with van der Waals surface area (Å²) >= 11 is 0. The Hall–Kier alpha value is -3.01. The first-order valence-electron chi connectivity index (χ1n) is 11.2. The van der Waals surface area contributed by atoms with Crippen molar-refractivity contribution in [2.45, 2.75) is 46.0 Å². The number of carbonyl (C=O) groups excluding carboxylic acids is 1. The summed E-state index contributed by atoms with van der Waals surface area (Å²) < 4.78 is 12.1. The fourth-order valence-corrected chi connectivity index (χ4v) is 3.05. The maximum absolute atomic E-state index is 12.7. The van der Waals surface area contributed by atoms with Crippen LogP contribution in [0, 0.1) is 0 Å². The fourth-order valence-electron chi connectivity index (χ4n) is 3.05. The third-order valence-corrected chi connectivity index (χ3v) is 4.94. The van der Waals surface area contributed by atoms with Gasteiger partial charge in [-0.1, -0.05) is 32.8 Å². The molecule has 166 valence electrons. The van der Waals surface area contributed by atoms with Crippen LogP contribution in [0.1, 0.15) is 61.0 Å². The molecule has 0 saturated carbocycles. The number of hydrogen-bond acceptors (Lipinski definition) is 4. The van der Waals surface area contributed by atoms with Gasteiger partial charge in [-0.15, -0.1) is 6.58 Å². The largest absolute Gasteiger partial charge is 0.493 e. The second kappa shape index (κ2) is 13.3. The molecule has 4 nitrogen and oxygen atoms in total. The molecule has 2 aromatic carbocycles. The second-order valence-electron chi connectivity index (χ2n) is 7.42. The monoisotopic (exact) mass is 421 g/mol. The normalized spacial score (nSPS) is 10.8. The van der Waals surface area contributed by atoms with E-state index in [1.54, 1.807) is 6.08 Å². The van der Waals surface area contributed by atoms with Gasteiger partial charge < -0.3 is 14.8 Å². The molecule has 31 heavy (non-hydrogen) atoms. The van der Waals surface area contributed by atoms with E-state index in [1.807, 2.05) is 55.6 Å². The van der Waals surface area contributed by atoms with Crippen LogP contribution in [0.2, 0.25) is 0 Å². The summed E-state index contributed by atoms with van der Waals surface area (Å²) in [5.74, 6) is 1.52. The number of rotatable bonds is 14. The minimum absolute atomic E-state index is 0.0456. The lowest BCUT2D eigenvalue weighted by atomic mass is 10.0. The van der Waals surface area contributed by atoms with Gasteiger partial charge in [-0.2, -0.15) is 0 Å². The molecule has 0 aliphatic heterocycles. The van der Waals surface area contributed by atoms with Crippen molar-refractivity contribution in [3.05, 3.63) is 71.8 Å². The lowest BCUT2D eigenvalue weighted by molar-refractivity contribution is 0.104. The van der Waals surface area contributed by atoms with Gasteiger partial charge in [-0.05, 0) is 67.3 Å². The molecule has 0 atom stereocenters. The van der Waals surface area contributed by atoms with E-state index in [0.29, 0.717) is 25.2 Å². The van der Waals surface area contributed by atoms with Crippen LogP contribution in [-0.2, 0) is 6.42 Å².